The number of rotatable bonds is 1. The van der Waals surface area contributed by atoms with Crippen molar-refractivity contribution >= 4 is 99.9 Å². The van der Waals surface area contributed by atoms with E-state index in [-0.39, 0.29) is 28.8 Å². The number of aromatic nitrogens is 1. The van der Waals surface area contributed by atoms with Gasteiger partial charge in [-0.05, 0) is 24.7 Å². The topological polar surface area (TPSA) is 123 Å². The van der Waals surface area contributed by atoms with Crippen LogP contribution < -0.4 is 5.73 Å². The van der Waals surface area contributed by atoms with E-state index in [1.165, 1.54) is 17.8 Å². The summed E-state index contributed by atoms with van der Waals surface area (Å²) in [6, 6.07) is 5.14. The summed E-state index contributed by atoms with van der Waals surface area (Å²) in [7, 11) is 0. The van der Waals surface area contributed by atoms with Gasteiger partial charge in [0.1, 0.15) is 29.3 Å². The SMILES string of the molecule is C.CC(Cl)=C(C#N)C#N.CCCI.Cc1onc(N)c1C#N.[CH2-]C.[I][V]([I])[I]. The number of hydrogen-bond donors (Lipinski definition) is 1. The molecule has 0 saturated carbocycles. The molecule has 0 spiro atoms. The third kappa shape index (κ3) is 29.2. The molecule has 0 aromatic carbocycles. The average Bonchev–Trinajstić information content (AvgIpc) is 2.95. The fourth-order valence-electron chi connectivity index (χ4n) is 0.704. The van der Waals surface area contributed by atoms with Gasteiger partial charge >= 0.3 is 64.9 Å². The van der Waals surface area contributed by atoms with E-state index >= 15 is 0 Å². The van der Waals surface area contributed by atoms with Gasteiger partial charge in [-0.15, -0.1) is 0 Å². The van der Waals surface area contributed by atoms with Crippen molar-refractivity contribution in [2.45, 2.75) is 41.5 Å². The van der Waals surface area contributed by atoms with Crippen LogP contribution in [-0.2, 0) is 4.92 Å². The Bertz CT molecular complexity index is 605. The van der Waals surface area contributed by atoms with E-state index < -0.39 is 0 Å². The Morgan fingerprint density at radius 3 is 1.68 bits per heavy atom. The molecule has 0 fully saturated rings. The molecule has 0 unspecified atom stereocenters. The molecule has 28 heavy (non-hydrogen) atoms. The molecule has 6 nitrogen and oxygen atoms in total. The van der Waals surface area contributed by atoms with Crippen molar-refractivity contribution in [1.82, 2.24) is 5.16 Å². The maximum absolute atomic E-state index is 8.36. The number of allylic oxidation sites excluding steroid dienone is 2. The number of aryl methyl sites for hydroxylation is 1. The second kappa shape index (κ2) is 30.2. The molecule has 0 bridgehead atoms. The van der Waals surface area contributed by atoms with Crippen molar-refractivity contribution in [3.63, 3.8) is 0 Å². The minimum absolute atomic E-state index is 0. The second-order valence-corrected chi connectivity index (χ2v) is 40.6. The Morgan fingerprint density at radius 1 is 1.25 bits per heavy atom. The molecule has 0 amide bonds. The van der Waals surface area contributed by atoms with E-state index in [1.54, 1.807) is 26.0 Å². The molecule has 2 N–H and O–H groups in total. The number of alkyl halides is 1. The number of halogens is 5. The van der Waals surface area contributed by atoms with Gasteiger partial charge in [0.25, 0.3) is 0 Å². The van der Waals surface area contributed by atoms with E-state index in [9.17, 15) is 0 Å². The summed E-state index contributed by atoms with van der Waals surface area (Å²) in [4.78, 5) is -0.278. The third-order valence-corrected chi connectivity index (χ3v) is 3.03. The normalized spacial score (nSPS) is 7.29. The molecule has 160 valence electrons. The van der Waals surface area contributed by atoms with Gasteiger partial charge in [0.05, 0.1) is 0 Å². The first-order chi connectivity index (χ1) is 12.6. The predicted octanol–water partition coefficient (Wildman–Crippen LogP) is 7.95. The molecule has 0 saturated heterocycles. The molecule has 1 heterocycles. The molecule has 0 aliphatic heterocycles. The van der Waals surface area contributed by atoms with E-state index in [2.05, 4.69) is 106 Å². The van der Waals surface area contributed by atoms with Gasteiger partial charge in [0.2, 0.25) is 0 Å². The van der Waals surface area contributed by atoms with Gasteiger partial charge in [-0.3, -0.25) is 0 Å². The third-order valence-electron chi connectivity index (χ3n) is 1.76. The fourth-order valence-corrected chi connectivity index (χ4v) is 0.789. The van der Waals surface area contributed by atoms with Crippen LogP contribution in [0.25, 0.3) is 0 Å². The van der Waals surface area contributed by atoms with E-state index in [0.717, 1.165) is 0 Å². The van der Waals surface area contributed by atoms with Crippen LogP contribution in [0.1, 0.15) is 45.9 Å². The summed E-state index contributed by atoms with van der Waals surface area (Å²) >= 11 is 15.0. The van der Waals surface area contributed by atoms with Gasteiger partial charge in [-0.25, -0.2) is 0 Å². The summed E-state index contributed by atoms with van der Waals surface area (Å²) < 4.78 is 5.88. The van der Waals surface area contributed by atoms with Gasteiger partial charge in [0, 0.05) is 5.03 Å². The van der Waals surface area contributed by atoms with Crippen molar-refractivity contribution in [2.75, 3.05) is 10.2 Å². The number of nitrogens with zero attached hydrogens (tertiary/aromatic N) is 4. The zero-order valence-corrected chi connectivity index (χ0v) is 26.0. The summed E-state index contributed by atoms with van der Waals surface area (Å²) in [6.45, 7) is 10.3. The van der Waals surface area contributed by atoms with Gasteiger partial charge in [-0.1, -0.05) is 53.7 Å². The van der Waals surface area contributed by atoms with Crippen molar-refractivity contribution < 1.29 is 9.44 Å². The zero-order chi connectivity index (χ0) is 22.4. The summed E-state index contributed by atoms with van der Waals surface area (Å²) in [5, 5.41) is 28.1. The predicted molar refractivity (Wildman–Crippen MR) is 149 cm³/mol. The Hall–Kier alpha value is 1.01. The first-order valence-corrected chi connectivity index (χ1v) is 22.4. The number of anilines is 1. The van der Waals surface area contributed by atoms with Crippen LogP contribution in [0.4, 0.5) is 5.82 Å². The van der Waals surface area contributed by atoms with Gasteiger partial charge in [-0.2, -0.15) is 22.7 Å². The van der Waals surface area contributed by atoms with Crippen LogP contribution in [-0.4, -0.2) is 9.58 Å². The first kappa shape index (κ1) is 39.5. The van der Waals surface area contributed by atoms with Crippen LogP contribution in [0, 0.1) is 47.8 Å². The molecule has 12 heteroatoms. The van der Waals surface area contributed by atoms with Crippen molar-refractivity contribution in [2.24, 2.45) is 0 Å². The quantitative estimate of drug-likeness (QED) is 0.132. The zero-order valence-electron chi connectivity index (χ0n) is 15.2. The molecular formula is C16H24ClI4N5OV-. The average molecular weight is 896 g/mol. The van der Waals surface area contributed by atoms with Crippen LogP contribution in [0.15, 0.2) is 15.1 Å². The van der Waals surface area contributed by atoms with Crippen LogP contribution in [0.5, 0.6) is 0 Å². The monoisotopic (exact) mass is 896 g/mol. The molecule has 1 aromatic heterocycles. The van der Waals surface area contributed by atoms with E-state index in [1.807, 2.05) is 6.07 Å². The first-order valence-electron chi connectivity index (χ1n) is 6.95. The van der Waals surface area contributed by atoms with E-state index in [0.29, 0.717) is 11.3 Å². The van der Waals surface area contributed by atoms with Crippen LogP contribution >= 0.6 is 94.1 Å². The maximum atomic E-state index is 8.36. The van der Waals surface area contributed by atoms with E-state index in [4.69, 9.17) is 33.1 Å². The number of nitrogen functional groups attached to an aromatic ring is 1. The van der Waals surface area contributed by atoms with Crippen molar-refractivity contribution in [3.8, 4) is 18.2 Å². The molecule has 0 atom stereocenters. The fraction of sp³-hybridized carbons (Fsp3) is 0.438. The minimum atomic E-state index is -0.278. The standard InChI is InChI=1S/C5H3ClN2.C5H5N3O.C3H7I.C2H5.CH4.3HI.V/c1-4(6)5(2-7)3-8;1-3-4(2-6)5(7)8-9-3;1-2-3-4;1-2;;;;;/h1H3;1H3,(H2,7,8);2-3H2,1H3;1H2,2H3;1H4;3*1H;/q;;;-1;;;;;+3/p-3. The Kier molecular flexibility index (Phi) is 42.6. The van der Waals surface area contributed by atoms with Crippen LogP contribution in [0.3, 0.4) is 0 Å². The summed E-state index contributed by atoms with van der Waals surface area (Å²) in [5.41, 5.74) is 5.53. The summed E-state index contributed by atoms with van der Waals surface area (Å²) in [6.07, 6.45) is 1.31. The molecule has 0 radical (unpaired) electrons. The van der Waals surface area contributed by atoms with Crippen molar-refractivity contribution in [3.05, 3.63) is 28.9 Å². The molecule has 0 aliphatic rings. The number of nitrogens with two attached hydrogens (primary N) is 1. The number of nitriles is 3. The Morgan fingerprint density at radius 2 is 1.61 bits per heavy atom. The molecule has 1 aromatic rings. The Balaban J connectivity index is -0.0000000853. The Labute approximate surface area is 225 Å². The molecular weight excluding hydrogens is 872 g/mol. The molecule has 1 rings (SSSR count). The van der Waals surface area contributed by atoms with Crippen molar-refractivity contribution in [1.29, 1.82) is 15.8 Å². The van der Waals surface area contributed by atoms with Crippen LogP contribution in [0.2, 0.25) is 0 Å². The van der Waals surface area contributed by atoms with Gasteiger partial charge in [0.15, 0.2) is 11.6 Å². The summed E-state index contributed by atoms with van der Waals surface area (Å²) in [5.74, 6) is 0.630. The number of hydrogen-bond acceptors (Lipinski definition) is 6. The van der Waals surface area contributed by atoms with Gasteiger partial charge < -0.3 is 17.2 Å². The molecule has 0 aliphatic carbocycles. The second-order valence-electron chi connectivity index (χ2n) is 3.62.